The molecule has 0 aromatic carbocycles. The van der Waals surface area contributed by atoms with Gasteiger partial charge < -0.3 is 9.64 Å². The first kappa shape index (κ1) is 13.4. The number of aliphatic imine (C=N–C) groups is 1. The third-order valence-electron chi connectivity index (χ3n) is 3.27. The van der Waals surface area contributed by atoms with Crippen molar-refractivity contribution in [1.29, 1.82) is 0 Å². The summed E-state index contributed by atoms with van der Waals surface area (Å²) in [7, 11) is 0. The van der Waals surface area contributed by atoms with E-state index in [9.17, 15) is 4.79 Å². The Bertz CT molecular complexity index is 575. The molecule has 5 nitrogen and oxygen atoms in total. The topological polar surface area (TPSA) is 54.8 Å². The summed E-state index contributed by atoms with van der Waals surface area (Å²) in [6, 6.07) is -0.660. The highest BCUT2D eigenvalue weighted by Gasteiger charge is 2.39. The van der Waals surface area contributed by atoms with Crippen LogP contribution in [0.5, 0.6) is 0 Å². The molecule has 0 unspecified atom stereocenters. The zero-order chi connectivity index (χ0) is 14.1. The first-order valence-electron chi connectivity index (χ1n) is 6.08. The van der Waals surface area contributed by atoms with Gasteiger partial charge in [0.15, 0.2) is 18.5 Å². The lowest BCUT2D eigenvalue weighted by Crippen LogP contribution is -2.38. The van der Waals surface area contributed by atoms with Gasteiger partial charge >= 0.3 is 0 Å². The van der Waals surface area contributed by atoms with Crippen LogP contribution >= 0.6 is 23.2 Å². The van der Waals surface area contributed by atoms with Gasteiger partial charge in [-0.25, -0.2) is 4.99 Å². The van der Waals surface area contributed by atoms with E-state index >= 15 is 0 Å². The normalized spacial score (nSPS) is 24.2. The van der Waals surface area contributed by atoms with Crippen LogP contribution in [-0.2, 0) is 9.53 Å². The molecule has 0 N–H and O–H groups in total. The highest BCUT2D eigenvalue weighted by molar-refractivity contribution is 6.35. The summed E-state index contributed by atoms with van der Waals surface area (Å²) in [4.78, 5) is 22.2. The van der Waals surface area contributed by atoms with E-state index in [1.165, 1.54) is 18.8 Å². The van der Waals surface area contributed by atoms with Gasteiger partial charge in [-0.3, -0.25) is 9.78 Å². The lowest BCUT2D eigenvalue weighted by molar-refractivity contribution is -0.132. The maximum absolute atomic E-state index is 12.4. The molecule has 1 aromatic heterocycles. The minimum atomic E-state index is -0.660. The fourth-order valence-corrected chi connectivity index (χ4v) is 2.86. The molecule has 0 radical (unpaired) electrons. The predicted molar refractivity (Wildman–Crippen MR) is 76.1 cm³/mol. The second-order valence-electron chi connectivity index (χ2n) is 4.49. The molecule has 0 spiro atoms. The third-order valence-corrected chi connectivity index (χ3v) is 3.88. The number of nitrogens with zero attached hydrogens (tertiary/aromatic N) is 3. The molecule has 2 atom stereocenters. The van der Waals surface area contributed by atoms with Crippen molar-refractivity contribution in [3.05, 3.63) is 40.2 Å². The van der Waals surface area contributed by atoms with E-state index in [0.717, 1.165) is 0 Å². The fraction of sp³-hybridized carbons (Fsp3) is 0.308. The average molecular weight is 312 g/mol. The number of amides is 1. The summed E-state index contributed by atoms with van der Waals surface area (Å²) in [5.41, 5.74) is 0.548. The molecule has 20 heavy (non-hydrogen) atoms. The quantitative estimate of drug-likeness (QED) is 0.787. The molecule has 3 rings (SSSR count). The Hall–Kier alpha value is -1.59. The van der Waals surface area contributed by atoms with Crippen LogP contribution in [0.4, 0.5) is 0 Å². The number of carbonyl (C=O) groups is 1. The highest BCUT2D eigenvalue weighted by Crippen LogP contribution is 2.37. The van der Waals surface area contributed by atoms with Crippen molar-refractivity contribution in [1.82, 2.24) is 9.88 Å². The number of ether oxygens (including phenoxy) is 1. The van der Waals surface area contributed by atoms with Crippen molar-refractivity contribution in [3.63, 3.8) is 0 Å². The molecule has 0 fully saturated rings. The minimum Gasteiger partial charge on any atom is -0.473 e. The smallest absolute Gasteiger partial charge is 0.252 e. The van der Waals surface area contributed by atoms with Crippen molar-refractivity contribution >= 4 is 35.5 Å². The highest BCUT2D eigenvalue weighted by atomic mass is 35.5. The molecule has 1 amide bonds. The molecule has 0 saturated heterocycles. The summed E-state index contributed by atoms with van der Waals surface area (Å²) in [5, 5.41) is 0.732. The maximum atomic E-state index is 12.4. The number of carbonyl (C=O) groups excluding carboxylic acids is 1. The van der Waals surface area contributed by atoms with Crippen molar-refractivity contribution in [3.8, 4) is 0 Å². The first-order chi connectivity index (χ1) is 9.68. The molecule has 0 bridgehead atoms. The molecule has 1 aromatic rings. The molecule has 7 heteroatoms. The number of aromatic nitrogens is 1. The van der Waals surface area contributed by atoms with Crippen molar-refractivity contribution in [2.75, 3.05) is 13.1 Å². The molecule has 0 aliphatic carbocycles. The SMILES string of the molecule is O=C([C@H]1N=CO[C@@H]1c1c(Cl)cncc1Cl)N1CC=CC1. The average Bonchev–Trinajstić information content (AvgIpc) is 3.09. The van der Waals surface area contributed by atoms with E-state index in [1.54, 1.807) is 4.90 Å². The third kappa shape index (κ3) is 2.27. The largest absolute Gasteiger partial charge is 0.473 e. The summed E-state index contributed by atoms with van der Waals surface area (Å²) >= 11 is 12.2. The van der Waals surface area contributed by atoms with Crippen LogP contribution in [0.2, 0.25) is 10.0 Å². The van der Waals surface area contributed by atoms with Crippen LogP contribution < -0.4 is 0 Å². The van der Waals surface area contributed by atoms with E-state index < -0.39 is 12.1 Å². The summed E-state index contributed by atoms with van der Waals surface area (Å²) in [6.07, 6.45) is 7.51. The maximum Gasteiger partial charge on any atom is 0.252 e. The van der Waals surface area contributed by atoms with Crippen molar-refractivity contribution < 1.29 is 9.53 Å². The Labute approximate surface area is 125 Å². The second-order valence-corrected chi connectivity index (χ2v) is 5.30. The Morgan fingerprint density at radius 2 is 1.90 bits per heavy atom. The van der Waals surface area contributed by atoms with E-state index in [2.05, 4.69) is 9.98 Å². The van der Waals surface area contributed by atoms with Crippen LogP contribution in [0.3, 0.4) is 0 Å². The number of pyridine rings is 1. The molecule has 2 aliphatic heterocycles. The van der Waals surface area contributed by atoms with E-state index in [0.29, 0.717) is 28.7 Å². The van der Waals surface area contributed by atoms with Gasteiger partial charge in [0.2, 0.25) is 0 Å². The van der Waals surface area contributed by atoms with Gasteiger partial charge in [0.1, 0.15) is 0 Å². The predicted octanol–water partition coefficient (Wildman–Crippen LogP) is 2.25. The Kier molecular flexibility index (Phi) is 3.63. The Morgan fingerprint density at radius 3 is 2.55 bits per heavy atom. The molecule has 3 heterocycles. The van der Waals surface area contributed by atoms with Gasteiger partial charge in [0.05, 0.1) is 10.0 Å². The van der Waals surface area contributed by atoms with Crippen LogP contribution in [0.15, 0.2) is 29.5 Å². The van der Waals surface area contributed by atoms with Crippen molar-refractivity contribution in [2.24, 2.45) is 4.99 Å². The first-order valence-corrected chi connectivity index (χ1v) is 6.84. The number of rotatable bonds is 2. The molecular formula is C13H11Cl2N3O2. The lowest BCUT2D eigenvalue weighted by atomic mass is 10.0. The molecular weight excluding hydrogens is 301 g/mol. The summed E-state index contributed by atoms with van der Waals surface area (Å²) in [5.74, 6) is -0.0994. The van der Waals surface area contributed by atoms with Gasteiger partial charge in [-0.15, -0.1) is 0 Å². The zero-order valence-electron chi connectivity index (χ0n) is 10.4. The van der Waals surface area contributed by atoms with Crippen LogP contribution in [0, 0.1) is 0 Å². The Morgan fingerprint density at radius 1 is 1.25 bits per heavy atom. The number of hydrogen-bond donors (Lipinski definition) is 0. The monoisotopic (exact) mass is 311 g/mol. The zero-order valence-corrected chi connectivity index (χ0v) is 11.9. The van der Waals surface area contributed by atoms with Crippen LogP contribution in [-0.4, -0.2) is 41.3 Å². The van der Waals surface area contributed by atoms with Crippen LogP contribution in [0.25, 0.3) is 0 Å². The standard InChI is InChI=1S/C13H11Cl2N3O2/c14-8-5-16-6-9(15)10(8)12-11(17-7-20-12)13(19)18-3-1-2-4-18/h1-2,5-7,11-12H,3-4H2/t11-,12+/m0/s1. The van der Waals surface area contributed by atoms with Gasteiger partial charge in [0.25, 0.3) is 5.91 Å². The van der Waals surface area contributed by atoms with E-state index in [4.69, 9.17) is 27.9 Å². The fourth-order valence-electron chi connectivity index (χ4n) is 2.28. The minimum absolute atomic E-state index is 0.0994. The van der Waals surface area contributed by atoms with Gasteiger partial charge in [-0.1, -0.05) is 35.4 Å². The van der Waals surface area contributed by atoms with Gasteiger partial charge in [-0.05, 0) is 0 Å². The Balaban J connectivity index is 1.88. The van der Waals surface area contributed by atoms with Crippen molar-refractivity contribution in [2.45, 2.75) is 12.1 Å². The van der Waals surface area contributed by atoms with E-state index in [1.807, 2.05) is 12.2 Å². The number of halogens is 2. The van der Waals surface area contributed by atoms with Gasteiger partial charge in [0, 0.05) is 31.0 Å². The summed E-state index contributed by atoms with van der Waals surface area (Å²) < 4.78 is 5.44. The van der Waals surface area contributed by atoms with E-state index in [-0.39, 0.29) is 5.91 Å². The number of hydrogen-bond acceptors (Lipinski definition) is 4. The van der Waals surface area contributed by atoms with Crippen LogP contribution in [0.1, 0.15) is 11.7 Å². The van der Waals surface area contributed by atoms with Gasteiger partial charge in [-0.2, -0.15) is 0 Å². The lowest BCUT2D eigenvalue weighted by Gasteiger charge is -2.23. The second kappa shape index (κ2) is 5.42. The molecule has 2 aliphatic rings. The molecule has 0 saturated carbocycles. The summed E-state index contributed by atoms with van der Waals surface area (Å²) in [6.45, 7) is 1.19. The molecule has 104 valence electrons.